The Morgan fingerprint density at radius 2 is 2.18 bits per heavy atom. The number of nitrogens with zero attached hydrogens (tertiary/aromatic N) is 2. The Labute approximate surface area is 103 Å². The molecule has 0 radical (unpaired) electrons. The summed E-state index contributed by atoms with van der Waals surface area (Å²) in [5, 5.41) is 17.5. The molecule has 1 N–H and O–H groups in total. The Bertz CT molecular complexity index is 543. The molecular weight excluding hydrogens is 236 g/mol. The van der Waals surface area contributed by atoms with Gasteiger partial charge in [0.15, 0.2) is 0 Å². The van der Waals surface area contributed by atoms with Crippen molar-refractivity contribution in [3.8, 4) is 0 Å². The van der Waals surface area contributed by atoms with Crippen LogP contribution in [0.4, 0.5) is 0 Å². The maximum atomic E-state index is 11.0. The molecule has 5 heteroatoms. The summed E-state index contributed by atoms with van der Waals surface area (Å²) < 4.78 is 0. The molecule has 2 rings (SSSR count). The van der Waals surface area contributed by atoms with E-state index in [4.69, 9.17) is 5.11 Å². The highest BCUT2D eigenvalue weighted by molar-refractivity contribution is 7.99. The summed E-state index contributed by atoms with van der Waals surface area (Å²) in [6.07, 6.45) is 1.60. The first-order valence-corrected chi connectivity index (χ1v) is 5.78. The van der Waals surface area contributed by atoms with Gasteiger partial charge in [-0.25, -0.2) is 4.79 Å². The summed E-state index contributed by atoms with van der Waals surface area (Å²) in [6, 6.07) is 8.94. The van der Waals surface area contributed by atoms with E-state index in [1.54, 1.807) is 31.3 Å². The summed E-state index contributed by atoms with van der Waals surface area (Å²) in [5.74, 6) is -0.913. The Balaban J connectivity index is 2.29. The summed E-state index contributed by atoms with van der Waals surface area (Å²) in [5.41, 5.74) is 1.07. The van der Waals surface area contributed by atoms with Crippen LogP contribution >= 0.6 is 11.8 Å². The van der Waals surface area contributed by atoms with Crippen molar-refractivity contribution in [3.63, 3.8) is 0 Å². The number of carboxylic acid groups (broad SMARTS) is 1. The summed E-state index contributed by atoms with van der Waals surface area (Å²) >= 11 is 1.39. The third-order valence-electron chi connectivity index (χ3n) is 2.21. The fraction of sp³-hybridized carbons (Fsp3) is 0.0833. The standard InChI is InChI=1S/C12H10N2O2S/c1-8-4-5-9(7-10(8)12(15)16)17-11-3-2-6-13-14-11/h2-7H,1H3,(H,15,16). The lowest BCUT2D eigenvalue weighted by Crippen LogP contribution is -1.99. The fourth-order valence-corrected chi connectivity index (χ4v) is 2.15. The molecule has 0 bridgehead atoms. The number of aromatic nitrogens is 2. The van der Waals surface area contributed by atoms with E-state index in [2.05, 4.69) is 10.2 Å². The van der Waals surface area contributed by atoms with Crippen LogP contribution < -0.4 is 0 Å². The first-order chi connectivity index (χ1) is 8.16. The van der Waals surface area contributed by atoms with Gasteiger partial charge >= 0.3 is 5.97 Å². The normalized spacial score (nSPS) is 10.2. The Morgan fingerprint density at radius 1 is 1.35 bits per heavy atom. The van der Waals surface area contributed by atoms with E-state index in [1.165, 1.54) is 11.8 Å². The van der Waals surface area contributed by atoms with Gasteiger partial charge in [-0.05, 0) is 36.8 Å². The van der Waals surface area contributed by atoms with Gasteiger partial charge in [-0.3, -0.25) is 0 Å². The molecule has 0 fully saturated rings. The van der Waals surface area contributed by atoms with Crippen LogP contribution in [0, 0.1) is 6.92 Å². The maximum absolute atomic E-state index is 11.0. The Kier molecular flexibility index (Phi) is 3.39. The minimum absolute atomic E-state index is 0.318. The molecule has 86 valence electrons. The van der Waals surface area contributed by atoms with Crippen LogP contribution in [-0.4, -0.2) is 21.3 Å². The first-order valence-electron chi connectivity index (χ1n) is 4.96. The largest absolute Gasteiger partial charge is 0.478 e. The second kappa shape index (κ2) is 4.97. The number of rotatable bonds is 3. The summed E-state index contributed by atoms with van der Waals surface area (Å²) in [6.45, 7) is 1.78. The van der Waals surface area contributed by atoms with E-state index in [9.17, 15) is 4.79 Å². The van der Waals surface area contributed by atoms with Crippen molar-refractivity contribution in [2.24, 2.45) is 0 Å². The van der Waals surface area contributed by atoms with Gasteiger partial charge in [-0.2, -0.15) is 5.10 Å². The lowest BCUT2D eigenvalue weighted by atomic mass is 10.1. The molecule has 1 aromatic heterocycles. The van der Waals surface area contributed by atoms with Crippen molar-refractivity contribution in [2.45, 2.75) is 16.8 Å². The molecule has 0 aliphatic rings. The van der Waals surface area contributed by atoms with Crippen molar-refractivity contribution in [2.75, 3.05) is 0 Å². The predicted octanol–water partition coefficient (Wildman–Crippen LogP) is 2.63. The van der Waals surface area contributed by atoms with Gasteiger partial charge in [0, 0.05) is 11.1 Å². The quantitative estimate of drug-likeness (QED) is 0.902. The molecule has 0 aliphatic heterocycles. The number of benzene rings is 1. The van der Waals surface area contributed by atoms with Gasteiger partial charge in [0.05, 0.1) is 5.56 Å². The lowest BCUT2D eigenvalue weighted by molar-refractivity contribution is 0.0696. The van der Waals surface area contributed by atoms with E-state index in [0.717, 1.165) is 15.5 Å². The zero-order chi connectivity index (χ0) is 12.3. The number of aryl methyl sites for hydroxylation is 1. The highest BCUT2D eigenvalue weighted by Gasteiger charge is 2.08. The zero-order valence-electron chi connectivity index (χ0n) is 9.12. The predicted molar refractivity (Wildman–Crippen MR) is 64.3 cm³/mol. The van der Waals surface area contributed by atoms with Crippen LogP contribution in [0.3, 0.4) is 0 Å². The number of carbonyl (C=O) groups is 1. The number of carboxylic acids is 1. The van der Waals surface area contributed by atoms with E-state index in [-0.39, 0.29) is 0 Å². The van der Waals surface area contributed by atoms with Crippen molar-refractivity contribution in [1.82, 2.24) is 10.2 Å². The van der Waals surface area contributed by atoms with Crippen molar-refractivity contribution in [3.05, 3.63) is 47.7 Å². The minimum atomic E-state index is -0.913. The monoisotopic (exact) mass is 246 g/mol. The molecule has 4 nitrogen and oxygen atoms in total. The topological polar surface area (TPSA) is 63.1 Å². The van der Waals surface area contributed by atoms with Gasteiger partial charge in [0.1, 0.15) is 5.03 Å². The lowest BCUT2D eigenvalue weighted by Gasteiger charge is -2.04. The van der Waals surface area contributed by atoms with E-state index < -0.39 is 5.97 Å². The van der Waals surface area contributed by atoms with Gasteiger partial charge in [0.25, 0.3) is 0 Å². The third kappa shape index (κ3) is 2.82. The molecule has 0 atom stereocenters. The third-order valence-corrected chi connectivity index (χ3v) is 3.13. The molecule has 17 heavy (non-hydrogen) atoms. The zero-order valence-corrected chi connectivity index (χ0v) is 9.94. The van der Waals surface area contributed by atoms with E-state index in [1.807, 2.05) is 12.1 Å². The maximum Gasteiger partial charge on any atom is 0.335 e. The van der Waals surface area contributed by atoms with Crippen molar-refractivity contribution >= 4 is 17.7 Å². The molecule has 0 amide bonds. The SMILES string of the molecule is Cc1ccc(Sc2cccnn2)cc1C(=O)O. The number of hydrogen-bond acceptors (Lipinski definition) is 4. The summed E-state index contributed by atoms with van der Waals surface area (Å²) in [7, 11) is 0. The Hall–Kier alpha value is -1.88. The van der Waals surface area contributed by atoms with Crippen LogP contribution in [0.15, 0.2) is 46.5 Å². The van der Waals surface area contributed by atoms with Crippen molar-refractivity contribution in [1.29, 1.82) is 0 Å². The molecule has 0 saturated carbocycles. The van der Waals surface area contributed by atoms with E-state index in [0.29, 0.717) is 5.56 Å². The molecule has 2 aromatic rings. The molecule has 0 spiro atoms. The van der Waals surface area contributed by atoms with Crippen LogP contribution in [0.25, 0.3) is 0 Å². The van der Waals surface area contributed by atoms with Crippen LogP contribution in [0.1, 0.15) is 15.9 Å². The van der Waals surface area contributed by atoms with Crippen LogP contribution in [0.5, 0.6) is 0 Å². The van der Waals surface area contributed by atoms with E-state index >= 15 is 0 Å². The smallest absolute Gasteiger partial charge is 0.335 e. The van der Waals surface area contributed by atoms with Gasteiger partial charge in [-0.15, -0.1) is 5.10 Å². The van der Waals surface area contributed by atoms with Gasteiger partial charge < -0.3 is 5.11 Å². The number of hydrogen-bond donors (Lipinski definition) is 1. The minimum Gasteiger partial charge on any atom is -0.478 e. The average molecular weight is 246 g/mol. The van der Waals surface area contributed by atoms with Crippen molar-refractivity contribution < 1.29 is 9.90 Å². The second-order valence-electron chi connectivity index (χ2n) is 3.45. The van der Waals surface area contributed by atoms with Gasteiger partial charge in [-0.1, -0.05) is 17.8 Å². The fourth-order valence-electron chi connectivity index (χ4n) is 1.36. The average Bonchev–Trinajstić information content (AvgIpc) is 2.32. The molecule has 0 unspecified atom stereocenters. The second-order valence-corrected chi connectivity index (χ2v) is 4.54. The first kappa shape index (κ1) is 11.6. The highest BCUT2D eigenvalue weighted by atomic mass is 32.2. The molecular formula is C12H10N2O2S. The Morgan fingerprint density at radius 3 is 2.82 bits per heavy atom. The van der Waals surface area contributed by atoms with Gasteiger partial charge in [0.2, 0.25) is 0 Å². The van der Waals surface area contributed by atoms with Crippen LogP contribution in [-0.2, 0) is 0 Å². The summed E-state index contributed by atoms with van der Waals surface area (Å²) in [4.78, 5) is 11.8. The molecule has 0 aliphatic carbocycles. The molecule has 0 saturated heterocycles. The molecule has 1 aromatic carbocycles. The molecule has 1 heterocycles. The van der Waals surface area contributed by atoms with Crippen LogP contribution in [0.2, 0.25) is 0 Å². The highest BCUT2D eigenvalue weighted by Crippen LogP contribution is 2.27. The number of aromatic carboxylic acids is 1.